The molecule has 0 aliphatic heterocycles. The molecule has 1 nitrogen and oxygen atoms in total. The van der Waals surface area contributed by atoms with E-state index in [4.69, 9.17) is 11.6 Å². The van der Waals surface area contributed by atoms with Crippen molar-refractivity contribution in [2.75, 3.05) is 5.21 Å². The van der Waals surface area contributed by atoms with Crippen LogP contribution in [0, 0.1) is 0 Å². The molecule has 0 radical (unpaired) electrons. The summed E-state index contributed by atoms with van der Waals surface area (Å²) < 4.78 is 11.6. The standard InChI is InChI=1S/C11H9ClOS.C2H6/c12-8-14(13)11-7-3-5-9-4-1-2-6-10(9)11;1-2/h1-7H,8H2;1-2H3. The number of benzene rings is 2. The van der Waals surface area contributed by atoms with Gasteiger partial charge in [0.05, 0.1) is 10.8 Å². The van der Waals surface area contributed by atoms with Gasteiger partial charge >= 0.3 is 0 Å². The number of hydrogen-bond acceptors (Lipinski definition) is 1. The normalized spacial score (nSPS) is 11.7. The smallest absolute Gasteiger partial charge is 0.103 e. The Bertz CT molecular complexity index is 477. The molecule has 16 heavy (non-hydrogen) atoms. The van der Waals surface area contributed by atoms with Gasteiger partial charge in [0.1, 0.15) is 5.21 Å². The Morgan fingerprint density at radius 1 is 1.06 bits per heavy atom. The number of fused-ring (bicyclic) bond motifs is 1. The number of hydrogen-bond donors (Lipinski definition) is 0. The zero-order chi connectivity index (χ0) is 12.0. The first-order chi connectivity index (χ1) is 7.83. The maximum atomic E-state index is 11.6. The second-order valence-electron chi connectivity index (χ2n) is 2.93. The molecule has 1 atom stereocenters. The molecule has 86 valence electrons. The van der Waals surface area contributed by atoms with E-state index in [0.29, 0.717) is 0 Å². The van der Waals surface area contributed by atoms with Crippen LogP contribution < -0.4 is 0 Å². The quantitative estimate of drug-likeness (QED) is 0.735. The van der Waals surface area contributed by atoms with E-state index in [0.717, 1.165) is 15.7 Å². The van der Waals surface area contributed by atoms with Crippen LogP contribution in [0.25, 0.3) is 10.8 Å². The Morgan fingerprint density at radius 2 is 1.69 bits per heavy atom. The van der Waals surface area contributed by atoms with Crippen molar-refractivity contribution in [3.05, 3.63) is 42.5 Å². The van der Waals surface area contributed by atoms with Gasteiger partial charge in [-0.1, -0.05) is 50.2 Å². The summed E-state index contributed by atoms with van der Waals surface area (Å²) in [5.41, 5.74) is 0. The van der Waals surface area contributed by atoms with Crippen molar-refractivity contribution >= 4 is 33.2 Å². The lowest BCUT2D eigenvalue weighted by Crippen LogP contribution is -1.92. The van der Waals surface area contributed by atoms with Crippen molar-refractivity contribution < 1.29 is 4.21 Å². The third kappa shape index (κ3) is 2.83. The first-order valence-corrected chi connectivity index (χ1v) is 7.10. The minimum absolute atomic E-state index is 0.147. The van der Waals surface area contributed by atoms with Crippen LogP contribution in [-0.4, -0.2) is 9.42 Å². The topological polar surface area (TPSA) is 17.1 Å². The van der Waals surface area contributed by atoms with E-state index >= 15 is 0 Å². The molecule has 0 heterocycles. The molecule has 0 aliphatic carbocycles. The van der Waals surface area contributed by atoms with E-state index in [1.54, 1.807) is 0 Å². The minimum Gasteiger partial charge on any atom is -0.253 e. The molecule has 0 amide bonds. The van der Waals surface area contributed by atoms with Gasteiger partial charge in [0.2, 0.25) is 0 Å². The van der Waals surface area contributed by atoms with Crippen molar-refractivity contribution in [1.29, 1.82) is 0 Å². The molecular formula is C13H15ClOS. The molecule has 0 saturated heterocycles. The minimum atomic E-state index is -1.10. The summed E-state index contributed by atoms with van der Waals surface area (Å²) in [6, 6.07) is 13.7. The molecule has 1 unspecified atom stereocenters. The zero-order valence-electron chi connectivity index (χ0n) is 9.44. The largest absolute Gasteiger partial charge is 0.253 e. The molecule has 0 aromatic heterocycles. The van der Waals surface area contributed by atoms with E-state index in [1.165, 1.54) is 0 Å². The Hall–Kier alpha value is -0.860. The second-order valence-corrected chi connectivity index (χ2v) is 4.94. The van der Waals surface area contributed by atoms with Crippen LogP contribution in [0.5, 0.6) is 0 Å². The third-order valence-corrected chi connectivity index (χ3v) is 3.73. The van der Waals surface area contributed by atoms with E-state index in [2.05, 4.69) is 0 Å². The van der Waals surface area contributed by atoms with Crippen molar-refractivity contribution in [2.45, 2.75) is 18.7 Å². The van der Waals surface area contributed by atoms with Gasteiger partial charge in [0.25, 0.3) is 0 Å². The molecule has 2 aromatic carbocycles. The van der Waals surface area contributed by atoms with Gasteiger partial charge in [-0.2, -0.15) is 0 Å². The van der Waals surface area contributed by atoms with Gasteiger partial charge in [-0.3, -0.25) is 4.21 Å². The van der Waals surface area contributed by atoms with Crippen LogP contribution in [0.1, 0.15) is 13.8 Å². The van der Waals surface area contributed by atoms with Crippen LogP contribution >= 0.6 is 11.6 Å². The van der Waals surface area contributed by atoms with Gasteiger partial charge in [0, 0.05) is 4.90 Å². The number of rotatable bonds is 2. The fraction of sp³-hybridized carbons (Fsp3) is 0.231. The summed E-state index contributed by atoms with van der Waals surface area (Å²) in [7, 11) is -1.10. The summed E-state index contributed by atoms with van der Waals surface area (Å²) in [4.78, 5) is 0.818. The zero-order valence-corrected chi connectivity index (χ0v) is 11.0. The summed E-state index contributed by atoms with van der Waals surface area (Å²) in [5.74, 6) is 0. The first-order valence-electron chi connectivity index (χ1n) is 5.25. The average Bonchev–Trinajstić information content (AvgIpc) is 2.39. The first kappa shape index (κ1) is 13.2. The van der Waals surface area contributed by atoms with Gasteiger partial charge in [-0.15, -0.1) is 11.6 Å². The Kier molecular flexibility index (Phi) is 5.50. The van der Waals surface area contributed by atoms with E-state index < -0.39 is 10.8 Å². The van der Waals surface area contributed by atoms with Crippen molar-refractivity contribution in [3.63, 3.8) is 0 Å². The van der Waals surface area contributed by atoms with Crippen LogP contribution in [0.4, 0.5) is 0 Å². The van der Waals surface area contributed by atoms with Gasteiger partial charge in [0.15, 0.2) is 0 Å². The summed E-state index contributed by atoms with van der Waals surface area (Å²) >= 11 is 5.59. The van der Waals surface area contributed by atoms with Crippen LogP contribution in [0.15, 0.2) is 47.4 Å². The van der Waals surface area contributed by atoms with Crippen LogP contribution in [0.2, 0.25) is 0 Å². The maximum absolute atomic E-state index is 11.6. The van der Waals surface area contributed by atoms with Crippen LogP contribution in [-0.2, 0) is 10.8 Å². The summed E-state index contributed by atoms with van der Waals surface area (Å²) in [6.07, 6.45) is 0. The molecule has 0 saturated carbocycles. The molecule has 2 rings (SSSR count). The second kappa shape index (κ2) is 6.66. The molecule has 0 spiro atoms. The Labute approximate surface area is 104 Å². The molecule has 0 bridgehead atoms. The van der Waals surface area contributed by atoms with E-state index in [1.807, 2.05) is 56.3 Å². The fourth-order valence-corrected chi connectivity index (χ4v) is 2.58. The van der Waals surface area contributed by atoms with Crippen molar-refractivity contribution in [3.8, 4) is 0 Å². The average molecular weight is 255 g/mol. The van der Waals surface area contributed by atoms with E-state index in [-0.39, 0.29) is 5.21 Å². The maximum Gasteiger partial charge on any atom is 0.103 e. The highest BCUT2D eigenvalue weighted by atomic mass is 35.5. The molecule has 3 heteroatoms. The van der Waals surface area contributed by atoms with Gasteiger partial charge in [-0.05, 0) is 16.8 Å². The predicted octanol–water partition coefficient (Wildman–Crippen LogP) is 4.17. The van der Waals surface area contributed by atoms with Gasteiger partial charge in [-0.25, -0.2) is 0 Å². The highest BCUT2D eigenvalue weighted by Crippen LogP contribution is 2.21. The van der Waals surface area contributed by atoms with E-state index in [9.17, 15) is 4.21 Å². The lowest BCUT2D eigenvalue weighted by Gasteiger charge is -2.03. The molecule has 2 aromatic rings. The Morgan fingerprint density at radius 3 is 2.38 bits per heavy atom. The number of halogens is 1. The SMILES string of the molecule is CC.O=S(CCl)c1cccc2ccccc12. The molecule has 0 N–H and O–H groups in total. The molecule has 0 aliphatic rings. The van der Waals surface area contributed by atoms with Crippen molar-refractivity contribution in [1.82, 2.24) is 0 Å². The highest BCUT2D eigenvalue weighted by molar-refractivity contribution is 7.86. The summed E-state index contributed by atoms with van der Waals surface area (Å²) in [6.45, 7) is 4.00. The van der Waals surface area contributed by atoms with Crippen LogP contribution in [0.3, 0.4) is 0 Å². The number of alkyl halides is 1. The molecule has 0 fully saturated rings. The molecular weight excluding hydrogens is 240 g/mol. The lowest BCUT2D eigenvalue weighted by atomic mass is 10.1. The van der Waals surface area contributed by atoms with Gasteiger partial charge < -0.3 is 0 Å². The lowest BCUT2D eigenvalue weighted by molar-refractivity contribution is 0.686. The predicted molar refractivity (Wildman–Crippen MR) is 72.4 cm³/mol. The fourth-order valence-electron chi connectivity index (χ4n) is 1.45. The highest BCUT2D eigenvalue weighted by Gasteiger charge is 2.05. The summed E-state index contributed by atoms with van der Waals surface area (Å²) in [5, 5.41) is 2.27. The monoisotopic (exact) mass is 254 g/mol. The Balaban J connectivity index is 0.000000606. The van der Waals surface area contributed by atoms with Crippen molar-refractivity contribution in [2.24, 2.45) is 0 Å². The third-order valence-electron chi connectivity index (χ3n) is 2.09.